The van der Waals surface area contributed by atoms with Gasteiger partial charge in [-0.25, -0.2) is 0 Å². The fraction of sp³-hybridized carbons (Fsp3) is 0.600. The first-order chi connectivity index (χ1) is 8.69. The van der Waals surface area contributed by atoms with Crippen LogP contribution in [0.4, 0.5) is 0 Å². The van der Waals surface area contributed by atoms with Crippen LogP contribution in [0.25, 0.3) is 0 Å². The van der Waals surface area contributed by atoms with E-state index in [2.05, 4.69) is 32.2 Å². The lowest BCUT2D eigenvalue weighted by atomic mass is 10.1. The van der Waals surface area contributed by atoms with Gasteiger partial charge in [-0.05, 0) is 26.3 Å². The molecule has 2 atom stereocenters. The van der Waals surface area contributed by atoms with E-state index in [9.17, 15) is 0 Å². The molecule has 0 radical (unpaired) electrons. The minimum Gasteiger partial charge on any atom is -0.490 e. The Morgan fingerprint density at radius 3 is 2.61 bits per heavy atom. The van der Waals surface area contributed by atoms with Gasteiger partial charge >= 0.3 is 0 Å². The number of hydrogen-bond acceptors (Lipinski definition) is 3. The van der Waals surface area contributed by atoms with E-state index >= 15 is 0 Å². The maximum absolute atomic E-state index is 5.95. The van der Waals surface area contributed by atoms with Gasteiger partial charge in [0.1, 0.15) is 5.75 Å². The molecule has 1 N–H and O–H groups in total. The van der Waals surface area contributed by atoms with E-state index in [0.717, 1.165) is 25.3 Å². The average Bonchev–Trinajstić information content (AvgIpc) is 2.39. The molecule has 0 unspecified atom stereocenters. The van der Waals surface area contributed by atoms with Gasteiger partial charge in [0, 0.05) is 25.3 Å². The summed E-state index contributed by atoms with van der Waals surface area (Å²) in [5.74, 6) is 0.976. The summed E-state index contributed by atoms with van der Waals surface area (Å²) in [4.78, 5) is 0. The van der Waals surface area contributed by atoms with E-state index in [0.29, 0.717) is 0 Å². The van der Waals surface area contributed by atoms with Crippen molar-refractivity contribution < 1.29 is 9.47 Å². The molecule has 1 aromatic carbocycles. The Bertz CT molecular complexity index is 341. The van der Waals surface area contributed by atoms with Crippen molar-refractivity contribution >= 4 is 0 Å². The molecule has 0 fully saturated rings. The van der Waals surface area contributed by atoms with Crippen LogP contribution in [-0.2, 0) is 4.74 Å². The Kier molecular flexibility index (Phi) is 6.76. The molecule has 1 aromatic rings. The Hall–Kier alpha value is -1.06. The minimum absolute atomic E-state index is 0.248. The van der Waals surface area contributed by atoms with E-state index in [1.54, 1.807) is 7.11 Å². The topological polar surface area (TPSA) is 30.5 Å². The third-order valence-corrected chi connectivity index (χ3v) is 3.05. The highest BCUT2D eigenvalue weighted by Gasteiger charge is 2.12. The lowest BCUT2D eigenvalue weighted by molar-refractivity contribution is 0.194. The predicted octanol–water partition coefficient (Wildman–Crippen LogP) is 3.16. The van der Waals surface area contributed by atoms with Crippen LogP contribution in [-0.4, -0.2) is 26.4 Å². The van der Waals surface area contributed by atoms with Crippen molar-refractivity contribution in [3.8, 4) is 5.75 Å². The van der Waals surface area contributed by atoms with Gasteiger partial charge in [-0.2, -0.15) is 0 Å². The minimum atomic E-state index is 0.248. The molecule has 0 aliphatic heterocycles. The monoisotopic (exact) mass is 251 g/mol. The van der Waals surface area contributed by atoms with Crippen molar-refractivity contribution in [1.29, 1.82) is 0 Å². The molecule has 0 saturated carbocycles. The van der Waals surface area contributed by atoms with E-state index in [4.69, 9.17) is 9.47 Å². The quantitative estimate of drug-likeness (QED) is 0.720. The normalized spacial score (nSPS) is 14.2. The number of hydrogen-bond donors (Lipinski definition) is 1. The van der Waals surface area contributed by atoms with Gasteiger partial charge in [-0.3, -0.25) is 0 Å². The summed E-state index contributed by atoms with van der Waals surface area (Å²) in [5.41, 5.74) is 1.20. The van der Waals surface area contributed by atoms with Crippen molar-refractivity contribution in [3.63, 3.8) is 0 Å². The van der Waals surface area contributed by atoms with E-state index in [1.807, 2.05) is 18.2 Å². The first-order valence-electron chi connectivity index (χ1n) is 6.67. The Balaban J connectivity index is 2.68. The predicted molar refractivity (Wildman–Crippen MR) is 75.1 cm³/mol. The fourth-order valence-corrected chi connectivity index (χ4v) is 1.73. The van der Waals surface area contributed by atoms with Gasteiger partial charge in [-0.1, -0.05) is 25.1 Å². The van der Waals surface area contributed by atoms with Crippen molar-refractivity contribution in [1.82, 2.24) is 5.32 Å². The Morgan fingerprint density at radius 2 is 1.94 bits per heavy atom. The summed E-state index contributed by atoms with van der Waals surface area (Å²) in [6.07, 6.45) is 1.26. The van der Waals surface area contributed by atoms with Crippen LogP contribution >= 0.6 is 0 Å². The third-order valence-electron chi connectivity index (χ3n) is 3.05. The molecule has 0 saturated heterocycles. The number of methoxy groups -OCH3 is 1. The Morgan fingerprint density at radius 1 is 1.22 bits per heavy atom. The van der Waals surface area contributed by atoms with Gasteiger partial charge in [0.05, 0.1) is 12.7 Å². The molecule has 102 valence electrons. The molecule has 0 heterocycles. The van der Waals surface area contributed by atoms with Crippen LogP contribution < -0.4 is 10.1 Å². The largest absolute Gasteiger partial charge is 0.490 e. The van der Waals surface area contributed by atoms with Crippen LogP contribution in [0.1, 0.15) is 38.8 Å². The molecule has 3 heteroatoms. The second kappa shape index (κ2) is 8.11. The van der Waals surface area contributed by atoms with E-state index in [1.165, 1.54) is 5.56 Å². The second-order valence-corrected chi connectivity index (χ2v) is 4.54. The maximum Gasteiger partial charge on any atom is 0.124 e. The molecular formula is C15H25NO2. The average molecular weight is 251 g/mol. The summed E-state index contributed by atoms with van der Waals surface area (Å²) >= 11 is 0. The van der Waals surface area contributed by atoms with Crippen molar-refractivity contribution in [2.24, 2.45) is 0 Å². The molecule has 0 aliphatic carbocycles. The van der Waals surface area contributed by atoms with Crippen LogP contribution in [0.15, 0.2) is 24.3 Å². The SMILES string of the molecule is CC[C@@H](C)Oc1ccccc1[C@@H](C)NCCOC. The highest BCUT2D eigenvalue weighted by atomic mass is 16.5. The van der Waals surface area contributed by atoms with Crippen LogP contribution in [0.2, 0.25) is 0 Å². The molecular weight excluding hydrogens is 226 g/mol. The molecule has 1 rings (SSSR count). The highest BCUT2D eigenvalue weighted by molar-refractivity contribution is 5.35. The first-order valence-corrected chi connectivity index (χ1v) is 6.67. The zero-order valence-corrected chi connectivity index (χ0v) is 11.9. The second-order valence-electron chi connectivity index (χ2n) is 4.54. The van der Waals surface area contributed by atoms with Gasteiger partial charge in [0.2, 0.25) is 0 Å². The van der Waals surface area contributed by atoms with Crippen LogP contribution in [0.5, 0.6) is 5.75 Å². The van der Waals surface area contributed by atoms with Crippen molar-refractivity contribution in [2.75, 3.05) is 20.3 Å². The van der Waals surface area contributed by atoms with Gasteiger partial charge in [-0.15, -0.1) is 0 Å². The van der Waals surface area contributed by atoms with Gasteiger partial charge in [0.25, 0.3) is 0 Å². The fourth-order valence-electron chi connectivity index (χ4n) is 1.73. The van der Waals surface area contributed by atoms with Crippen molar-refractivity contribution in [2.45, 2.75) is 39.3 Å². The standard InChI is InChI=1S/C15H25NO2/c1-5-12(2)18-15-9-7-6-8-14(15)13(3)16-10-11-17-4/h6-9,12-13,16H,5,10-11H2,1-4H3/t12-,13-/m1/s1. The lowest BCUT2D eigenvalue weighted by Crippen LogP contribution is -2.23. The zero-order valence-electron chi connectivity index (χ0n) is 11.9. The summed E-state index contributed by atoms with van der Waals surface area (Å²) in [7, 11) is 1.71. The first kappa shape index (κ1) is 15.0. The summed E-state index contributed by atoms with van der Waals surface area (Å²) in [6, 6.07) is 8.48. The van der Waals surface area contributed by atoms with Crippen LogP contribution in [0, 0.1) is 0 Å². The molecule has 0 bridgehead atoms. The van der Waals surface area contributed by atoms with Crippen molar-refractivity contribution in [3.05, 3.63) is 29.8 Å². The summed E-state index contributed by atoms with van der Waals surface area (Å²) in [5, 5.41) is 3.43. The zero-order chi connectivity index (χ0) is 13.4. The summed E-state index contributed by atoms with van der Waals surface area (Å²) < 4.78 is 11.0. The lowest BCUT2D eigenvalue weighted by Gasteiger charge is -2.20. The molecule has 0 aliphatic rings. The summed E-state index contributed by atoms with van der Waals surface area (Å²) in [6.45, 7) is 7.94. The molecule has 0 spiro atoms. The maximum atomic E-state index is 5.95. The van der Waals surface area contributed by atoms with Crippen LogP contribution in [0.3, 0.4) is 0 Å². The number of rotatable bonds is 8. The Labute approximate surface area is 110 Å². The number of para-hydroxylation sites is 1. The third kappa shape index (κ3) is 4.67. The van der Waals surface area contributed by atoms with Gasteiger partial charge < -0.3 is 14.8 Å². The number of nitrogens with one attached hydrogen (secondary N) is 1. The highest BCUT2D eigenvalue weighted by Crippen LogP contribution is 2.25. The molecule has 18 heavy (non-hydrogen) atoms. The van der Waals surface area contributed by atoms with Gasteiger partial charge in [0.15, 0.2) is 0 Å². The smallest absolute Gasteiger partial charge is 0.124 e. The molecule has 0 amide bonds. The number of benzene rings is 1. The molecule has 3 nitrogen and oxygen atoms in total. The van der Waals surface area contributed by atoms with E-state index < -0.39 is 0 Å². The number of ether oxygens (including phenoxy) is 2. The van der Waals surface area contributed by atoms with E-state index in [-0.39, 0.29) is 12.1 Å². The molecule has 0 aromatic heterocycles.